The van der Waals surface area contributed by atoms with E-state index in [0.29, 0.717) is 12.1 Å². The van der Waals surface area contributed by atoms with Crippen LogP contribution in [-0.2, 0) is 35.9 Å². The molecule has 14 heteroatoms. The van der Waals surface area contributed by atoms with E-state index in [1.54, 1.807) is 12.4 Å². The van der Waals surface area contributed by atoms with Gasteiger partial charge in [-0.05, 0) is 30.3 Å². The van der Waals surface area contributed by atoms with Gasteiger partial charge in [0, 0.05) is 35.7 Å². The number of aromatic nitrogens is 2. The Bertz CT molecular complexity index is 859. The van der Waals surface area contributed by atoms with Crippen molar-refractivity contribution in [2.75, 3.05) is 0 Å². The Kier molecular flexibility index (Phi) is 19.0. The number of nitro benzene ring substituents is 1. The fourth-order valence-corrected chi connectivity index (χ4v) is 1.98. The van der Waals surface area contributed by atoms with Gasteiger partial charge in [0.25, 0.3) is 5.69 Å². The maximum atomic E-state index is 10.4. The molecule has 1 aromatic carbocycles. The van der Waals surface area contributed by atoms with E-state index in [4.69, 9.17) is 0 Å². The molecule has 0 atom stereocenters. The molecule has 0 saturated heterocycles. The van der Waals surface area contributed by atoms with E-state index in [-0.39, 0.29) is 41.4 Å². The van der Waals surface area contributed by atoms with Crippen molar-refractivity contribution < 1.29 is 66.1 Å². The fraction of sp³-hybridized carbons (Fsp3) is 0. The van der Waals surface area contributed by atoms with Crippen molar-refractivity contribution in [1.29, 1.82) is 0 Å². The third kappa shape index (κ3) is 10.4. The summed E-state index contributed by atoms with van der Waals surface area (Å²) in [6.07, 6.45) is 3.54. The fourth-order valence-electron chi connectivity index (χ4n) is 1.98. The van der Waals surface area contributed by atoms with Crippen molar-refractivity contribution in [2.24, 2.45) is 0 Å². The number of non-ortho nitro benzene ring substituents is 1. The first-order valence-corrected chi connectivity index (χ1v) is 7.43. The van der Waals surface area contributed by atoms with Crippen molar-refractivity contribution >= 4 is 17.6 Å². The van der Waals surface area contributed by atoms with Crippen LogP contribution in [0.25, 0.3) is 11.4 Å². The Labute approximate surface area is 193 Å². The van der Waals surface area contributed by atoms with Crippen molar-refractivity contribution in [3.05, 3.63) is 88.2 Å². The smallest absolute Gasteiger partial charge is 0.545 e. The number of carbonyl (C=O) groups is 2. The standard InChI is InChI=1S/C10H8N2.C8H5NO6.4H2O.Zn/c1-3-7-11-9(5-1)10-6-2-4-8-12-10;10-7(11)4-1-5(8(12)13)3-6(2-4)9(14)15;;;;;/h1-8H;1-3H,(H,10,11)(H,12,13);4*1H2;/q;;;;;;+2/p+1. The number of carboxylic acids is 2. The summed E-state index contributed by atoms with van der Waals surface area (Å²) < 4.78 is 0. The molecule has 0 fully saturated rings. The molecule has 0 bridgehead atoms. The third-order valence-corrected chi connectivity index (χ3v) is 3.19. The normalized spacial score (nSPS) is 8.12. The Morgan fingerprint density at radius 2 is 1.12 bits per heavy atom. The zero-order valence-electron chi connectivity index (χ0n) is 16.6. The van der Waals surface area contributed by atoms with E-state index < -0.39 is 33.7 Å². The van der Waals surface area contributed by atoms with Crippen LogP contribution in [0.15, 0.2) is 67.0 Å². The second-order valence-electron chi connectivity index (χ2n) is 5.03. The van der Waals surface area contributed by atoms with E-state index in [1.165, 1.54) is 0 Å². The first-order chi connectivity index (χ1) is 12.9. The van der Waals surface area contributed by atoms with Gasteiger partial charge in [0.2, 0.25) is 0 Å². The molecule has 3 rings (SSSR count). The second-order valence-corrected chi connectivity index (χ2v) is 5.03. The summed E-state index contributed by atoms with van der Waals surface area (Å²) >= 11 is 0. The molecule has 0 spiro atoms. The Morgan fingerprint density at radius 3 is 1.38 bits per heavy atom. The van der Waals surface area contributed by atoms with Crippen molar-refractivity contribution in [2.45, 2.75) is 0 Å². The van der Waals surface area contributed by atoms with Crippen LogP contribution in [0.1, 0.15) is 20.7 Å². The van der Waals surface area contributed by atoms with Gasteiger partial charge in [-0.3, -0.25) is 20.1 Å². The molecule has 13 nitrogen and oxygen atoms in total. The predicted molar refractivity (Wildman–Crippen MR) is 107 cm³/mol. The number of benzene rings is 1. The maximum absolute atomic E-state index is 10.4. The summed E-state index contributed by atoms with van der Waals surface area (Å²) in [5.74, 6) is -3.39. The average Bonchev–Trinajstić information content (AvgIpc) is 2.69. The van der Waals surface area contributed by atoms with E-state index in [9.17, 15) is 29.9 Å². The molecule has 0 unspecified atom stereocenters. The second kappa shape index (κ2) is 17.0. The van der Waals surface area contributed by atoms with E-state index in [0.717, 1.165) is 17.5 Å². The molecule has 11 N–H and O–H groups in total. The molecule has 32 heavy (non-hydrogen) atoms. The number of nitro groups is 1. The van der Waals surface area contributed by atoms with E-state index in [2.05, 4.69) is 9.97 Å². The molecule has 0 amide bonds. The Hall–Kier alpha value is -3.68. The number of carbonyl (C=O) groups excluding carboxylic acids is 2. The Morgan fingerprint density at radius 1 is 0.750 bits per heavy atom. The van der Waals surface area contributed by atoms with Gasteiger partial charge in [-0.25, -0.2) is 0 Å². The number of hydrogen-bond acceptors (Lipinski definition) is 8. The monoisotopic (exact) mass is 504 g/mol. The summed E-state index contributed by atoms with van der Waals surface area (Å²) in [6, 6.07) is 13.7. The van der Waals surface area contributed by atoms with Gasteiger partial charge in [-0.1, -0.05) is 12.1 Å². The number of nitrogens with zero attached hydrogens (tertiary/aromatic N) is 3. The van der Waals surface area contributed by atoms with Crippen LogP contribution in [0.3, 0.4) is 0 Å². The van der Waals surface area contributed by atoms with Gasteiger partial charge < -0.3 is 41.7 Å². The number of carboxylic acid groups (broad SMARTS) is 2. The average molecular weight is 506 g/mol. The molecule has 0 saturated carbocycles. The van der Waals surface area contributed by atoms with Crippen LogP contribution in [0.5, 0.6) is 0 Å². The van der Waals surface area contributed by atoms with E-state index in [1.807, 2.05) is 36.4 Å². The molecule has 0 aliphatic rings. The third-order valence-electron chi connectivity index (χ3n) is 3.19. The topological polar surface area (TPSA) is 280 Å². The molecular formula is C18H22N3O10Zn+3. The summed E-state index contributed by atoms with van der Waals surface area (Å²) in [5.41, 5.74) is 0.0268. The summed E-state index contributed by atoms with van der Waals surface area (Å²) in [6.45, 7) is 0. The Balaban J connectivity index is -0.000000215. The molecule has 2 aromatic heterocycles. The predicted octanol–water partition coefficient (Wildman–Crippen LogP) is -3.13. The minimum absolute atomic E-state index is 0. The maximum Gasteiger partial charge on any atom is 2.00 e. The van der Waals surface area contributed by atoms with Gasteiger partial charge in [-0.2, -0.15) is 0 Å². The van der Waals surface area contributed by atoms with Gasteiger partial charge in [-0.15, -0.1) is 0 Å². The molecule has 168 valence electrons. The van der Waals surface area contributed by atoms with Gasteiger partial charge in [0.15, 0.2) is 0 Å². The van der Waals surface area contributed by atoms with Crippen molar-refractivity contribution in [3.63, 3.8) is 0 Å². The van der Waals surface area contributed by atoms with Crippen LogP contribution in [0.2, 0.25) is 0 Å². The van der Waals surface area contributed by atoms with Gasteiger partial charge >= 0.3 is 19.5 Å². The first kappa shape index (κ1) is 35.7. The van der Waals surface area contributed by atoms with Crippen LogP contribution >= 0.6 is 0 Å². The minimum Gasteiger partial charge on any atom is -0.545 e. The molecule has 3 aromatic rings. The quantitative estimate of drug-likeness (QED) is 0.151. The summed E-state index contributed by atoms with van der Waals surface area (Å²) in [7, 11) is 0. The molecular weight excluding hydrogens is 484 g/mol. The zero-order valence-corrected chi connectivity index (χ0v) is 19.5. The van der Waals surface area contributed by atoms with Crippen LogP contribution in [0.4, 0.5) is 5.69 Å². The summed E-state index contributed by atoms with van der Waals surface area (Å²) in [5, 5.41) is 31.1. The SMILES string of the molecule is O.O=C([O-])c1cc(C(=O)[O-])cc([N+](=O)[O-])c1.[OH3+].[OH3+].[OH3+].[Zn+2].c1ccc(-c2ccccn2)nc1. The number of pyridine rings is 2. The van der Waals surface area contributed by atoms with Crippen LogP contribution in [-0.4, -0.2) is 32.3 Å². The summed E-state index contributed by atoms with van der Waals surface area (Å²) in [4.78, 5) is 38.6. The molecule has 2 heterocycles. The van der Waals surface area contributed by atoms with E-state index >= 15 is 0 Å². The van der Waals surface area contributed by atoms with Crippen LogP contribution in [0, 0.1) is 10.1 Å². The zero-order chi connectivity index (χ0) is 19.8. The first-order valence-electron chi connectivity index (χ1n) is 7.43. The van der Waals surface area contributed by atoms with Crippen molar-refractivity contribution in [1.82, 2.24) is 9.97 Å². The van der Waals surface area contributed by atoms with Gasteiger partial charge in [0.05, 0.1) is 28.2 Å². The largest absolute Gasteiger partial charge is 2.00 e. The molecule has 0 radical (unpaired) electrons. The van der Waals surface area contributed by atoms with Crippen LogP contribution < -0.4 is 10.2 Å². The number of aromatic carboxylic acids is 2. The van der Waals surface area contributed by atoms with Gasteiger partial charge in [0.1, 0.15) is 0 Å². The minimum atomic E-state index is -1.69. The molecule has 0 aliphatic heterocycles. The number of hydrogen-bond donors (Lipinski definition) is 0. The molecule has 0 aliphatic carbocycles. The number of rotatable bonds is 4. The van der Waals surface area contributed by atoms with Crippen molar-refractivity contribution in [3.8, 4) is 11.4 Å².